The van der Waals surface area contributed by atoms with Crippen LogP contribution in [0.5, 0.6) is 0 Å². The first-order valence-electron chi connectivity index (χ1n) is 16.3. The first-order chi connectivity index (χ1) is 23.7. The number of piperidine rings is 1. The summed E-state index contributed by atoms with van der Waals surface area (Å²) < 4.78 is 12.9. The van der Waals surface area contributed by atoms with Gasteiger partial charge in [0.1, 0.15) is 5.66 Å². The second kappa shape index (κ2) is 13.4. The minimum absolute atomic E-state index is 0.0641. The normalized spacial score (nSPS) is 14.6. The molecule has 246 valence electrons. The number of fused-ring (bicyclic) bond motifs is 3. The predicted molar refractivity (Wildman–Crippen MR) is 193 cm³/mol. The van der Waals surface area contributed by atoms with E-state index >= 15 is 0 Å². The van der Waals surface area contributed by atoms with Gasteiger partial charge in [0.15, 0.2) is 5.78 Å². The van der Waals surface area contributed by atoms with E-state index in [4.69, 9.17) is 0 Å². The lowest BCUT2D eigenvalue weighted by molar-refractivity contribution is -0.121. The molecular formula is C40H35N2O6P. The molecule has 2 amide bonds. The number of nitrogens with one attached hydrogen (secondary N) is 1. The largest absolute Gasteiger partial charge is 0.340 e. The maximum Gasteiger partial charge on any atom is 0.340 e. The van der Waals surface area contributed by atoms with Gasteiger partial charge in [-0.05, 0) is 80.6 Å². The van der Waals surface area contributed by atoms with Crippen LogP contribution in [0.1, 0.15) is 40.0 Å². The fraction of sp³-hybridized carbons (Fsp3) is 0.175. The van der Waals surface area contributed by atoms with Gasteiger partial charge >= 0.3 is 7.60 Å². The number of hydrogen-bond donors (Lipinski definition) is 3. The molecule has 6 aromatic carbocycles. The molecule has 6 aromatic rings. The first-order valence-corrected chi connectivity index (χ1v) is 18.0. The van der Waals surface area contributed by atoms with Crippen LogP contribution in [0.4, 0.5) is 5.69 Å². The number of carbonyl (C=O) groups is 3. The zero-order chi connectivity index (χ0) is 34.1. The van der Waals surface area contributed by atoms with E-state index in [9.17, 15) is 28.7 Å². The van der Waals surface area contributed by atoms with Crippen LogP contribution < -0.4 is 5.32 Å². The van der Waals surface area contributed by atoms with Crippen LogP contribution in [0, 0.1) is 5.92 Å². The molecule has 1 atom stereocenters. The molecule has 49 heavy (non-hydrogen) atoms. The SMILES string of the molecule is O=C(Nc1cc2ccccc2cc1CC(=O)C(c1cccc2ccccc12)P(=O)(O)O)C1CCN(C(=O)c2ccc3ccccc3c2)CC1. The van der Waals surface area contributed by atoms with Gasteiger partial charge < -0.3 is 20.0 Å². The molecule has 1 unspecified atom stereocenters. The molecule has 0 aliphatic carbocycles. The second-order valence-corrected chi connectivity index (χ2v) is 14.4. The van der Waals surface area contributed by atoms with Crippen LogP contribution in [0.15, 0.2) is 121 Å². The maximum absolute atomic E-state index is 13.9. The van der Waals surface area contributed by atoms with Crippen molar-refractivity contribution in [1.82, 2.24) is 4.90 Å². The van der Waals surface area contributed by atoms with Gasteiger partial charge in [-0.25, -0.2) is 0 Å². The summed E-state index contributed by atoms with van der Waals surface area (Å²) in [5.41, 5.74) is 0.115. The number of amides is 2. The van der Waals surface area contributed by atoms with Crippen molar-refractivity contribution in [1.29, 1.82) is 0 Å². The molecule has 1 saturated heterocycles. The highest BCUT2D eigenvalue weighted by Crippen LogP contribution is 2.54. The van der Waals surface area contributed by atoms with E-state index < -0.39 is 19.0 Å². The molecule has 0 spiro atoms. The highest BCUT2D eigenvalue weighted by atomic mass is 31.2. The molecule has 1 aliphatic rings. The molecule has 7 rings (SSSR count). The van der Waals surface area contributed by atoms with Gasteiger partial charge in [-0.2, -0.15) is 0 Å². The average molecular weight is 671 g/mol. The number of rotatable bonds is 8. The zero-order valence-electron chi connectivity index (χ0n) is 26.7. The molecule has 3 N–H and O–H groups in total. The van der Waals surface area contributed by atoms with Crippen LogP contribution >= 0.6 is 7.60 Å². The molecule has 0 radical (unpaired) electrons. The summed E-state index contributed by atoms with van der Waals surface area (Å²) >= 11 is 0. The Morgan fingerprint density at radius 1 is 0.714 bits per heavy atom. The molecule has 0 bridgehead atoms. The Balaban J connectivity index is 1.11. The van der Waals surface area contributed by atoms with Gasteiger partial charge in [0, 0.05) is 36.7 Å². The smallest absolute Gasteiger partial charge is 0.339 e. The summed E-state index contributed by atoms with van der Waals surface area (Å²) in [7, 11) is -4.93. The zero-order valence-corrected chi connectivity index (χ0v) is 27.6. The summed E-state index contributed by atoms with van der Waals surface area (Å²) in [4.78, 5) is 63.6. The Kier molecular flexibility index (Phi) is 8.86. The standard InChI is InChI=1S/C40H35N2O6P/c43-37(38(49(46,47)48)35-15-7-13-27-9-5-6-14-34(27)35)25-33-23-30-11-3-4-12-31(30)24-36(33)41-39(44)28-18-20-42(21-19-28)40(45)32-17-16-26-8-1-2-10-29(26)22-32/h1-17,22-24,28,38H,18-21,25H2,(H,41,44)(H2,46,47,48). The molecule has 1 fully saturated rings. The van der Waals surface area contributed by atoms with Crippen molar-refractivity contribution >= 4 is 63.2 Å². The molecule has 9 heteroatoms. The summed E-state index contributed by atoms with van der Waals surface area (Å²) in [5, 5.41) is 8.15. The number of benzene rings is 6. The monoisotopic (exact) mass is 670 g/mol. The predicted octanol–water partition coefficient (Wildman–Crippen LogP) is 7.67. The highest BCUT2D eigenvalue weighted by Gasteiger charge is 2.38. The van der Waals surface area contributed by atoms with E-state index in [1.807, 2.05) is 84.9 Å². The summed E-state index contributed by atoms with van der Waals surface area (Å²) in [6, 6.07) is 37.0. The lowest BCUT2D eigenvalue weighted by Crippen LogP contribution is -2.41. The van der Waals surface area contributed by atoms with Gasteiger partial charge in [0.25, 0.3) is 5.91 Å². The van der Waals surface area contributed by atoms with Crippen molar-refractivity contribution in [3.8, 4) is 0 Å². The maximum atomic E-state index is 13.9. The van der Waals surface area contributed by atoms with Crippen LogP contribution in [0.3, 0.4) is 0 Å². The van der Waals surface area contributed by atoms with Crippen molar-refractivity contribution in [2.45, 2.75) is 24.9 Å². The number of Topliss-reactive ketones (excluding diaryl/α,β-unsaturated/α-hetero) is 1. The van der Waals surface area contributed by atoms with E-state index in [1.165, 1.54) is 0 Å². The van der Waals surface area contributed by atoms with E-state index in [2.05, 4.69) is 5.32 Å². The Morgan fingerprint density at radius 3 is 2.00 bits per heavy atom. The lowest BCUT2D eigenvalue weighted by Gasteiger charge is -2.31. The molecule has 8 nitrogen and oxygen atoms in total. The van der Waals surface area contributed by atoms with Gasteiger partial charge in [-0.15, -0.1) is 0 Å². The van der Waals surface area contributed by atoms with Gasteiger partial charge in [-0.3, -0.25) is 18.9 Å². The van der Waals surface area contributed by atoms with Crippen molar-refractivity contribution in [2.24, 2.45) is 5.92 Å². The molecule has 1 aliphatic heterocycles. The highest BCUT2D eigenvalue weighted by molar-refractivity contribution is 7.53. The quantitative estimate of drug-likeness (QED) is 0.143. The molecule has 0 saturated carbocycles. The van der Waals surface area contributed by atoms with Crippen LogP contribution in [0.25, 0.3) is 32.3 Å². The summed E-state index contributed by atoms with van der Waals surface area (Å²) in [6.07, 6.45) is 0.668. The van der Waals surface area contributed by atoms with E-state index in [-0.39, 0.29) is 29.7 Å². The Bertz CT molecular complexity index is 2280. The van der Waals surface area contributed by atoms with Crippen molar-refractivity contribution in [3.63, 3.8) is 0 Å². The number of hydrogen-bond acceptors (Lipinski definition) is 4. The molecular weight excluding hydrogens is 635 g/mol. The molecule has 1 heterocycles. The first kappa shape index (κ1) is 32.4. The minimum Gasteiger partial charge on any atom is -0.339 e. The minimum atomic E-state index is -4.93. The van der Waals surface area contributed by atoms with Gasteiger partial charge in [-0.1, -0.05) is 97.1 Å². The second-order valence-electron chi connectivity index (χ2n) is 12.7. The number of ketones is 1. The lowest BCUT2D eigenvalue weighted by atomic mass is 9.93. The van der Waals surface area contributed by atoms with Crippen LogP contribution in [-0.2, 0) is 20.6 Å². The summed E-state index contributed by atoms with van der Waals surface area (Å²) in [5.74, 6) is -1.28. The third-order valence-electron chi connectivity index (χ3n) is 9.50. The van der Waals surface area contributed by atoms with Crippen molar-refractivity contribution in [2.75, 3.05) is 18.4 Å². The van der Waals surface area contributed by atoms with Crippen molar-refractivity contribution < 1.29 is 28.7 Å². The van der Waals surface area contributed by atoms with Crippen molar-refractivity contribution in [3.05, 3.63) is 138 Å². The Labute approximate surface area is 283 Å². The third kappa shape index (κ3) is 6.76. The Morgan fingerprint density at radius 2 is 1.31 bits per heavy atom. The van der Waals surface area contributed by atoms with E-state index in [0.717, 1.165) is 26.9 Å². The summed E-state index contributed by atoms with van der Waals surface area (Å²) in [6.45, 7) is 0.865. The van der Waals surface area contributed by atoms with Crippen LogP contribution in [-0.4, -0.2) is 45.4 Å². The molecule has 0 aromatic heterocycles. The van der Waals surface area contributed by atoms with E-state index in [1.54, 1.807) is 41.3 Å². The number of likely N-dealkylation sites (tertiary alicyclic amines) is 1. The fourth-order valence-electron chi connectivity index (χ4n) is 6.95. The average Bonchev–Trinajstić information content (AvgIpc) is 3.11. The number of anilines is 1. The van der Waals surface area contributed by atoms with Crippen LogP contribution in [0.2, 0.25) is 0 Å². The third-order valence-corrected chi connectivity index (χ3v) is 10.7. The van der Waals surface area contributed by atoms with E-state index in [0.29, 0.717) is 48.1 Å². The Hall–Kier alpha value is -5.14. The topological polar surface area (TPSA) is 124 Å². The number of nitrogens with zero attached hydrogens (tertiary/aromatic N) is 1. The van der Waals surface area contributed by atoms with Gasteiger partial charge in [0.2, 0.25) is 5.91 Å². The number of carbonyl (C=O) groups excluding carboxylic acids is 3. The fourth-order valence-corrected chi connectivity index (χ4v) is 8.00. The van der Waals surface area contributed by atoms with Gasteiger partial charge in [0.05, 0.1) is 0 Å².